The van der Waals surface area contributed by atoms with Crippen LogP contribution in [0.3, 0.4) is 0 Å². The summed E-state index contributed by atoms with van der Waals surface area (Å²) in [6.45, 7) is 3.82. The monoisotopic (exact) mass is 387 g/mol. The van der Waals surface area contributed by atoms with E-state index in [1.54, 1.807) is 48.5 Å². The first kappa shape index (κ1) is 18.2. The third-order valence-electron chi connectivity index (χ3n) is 4.17. The Morgan fingerprint density at radius 3 is 2.12 bits per heavy atom. The number of rotatable bonds is 4. The molecule has 4 nitrogen and oxygen atoms in total. The molecule has 0 radical (unpaired) electrons. The van der Waals surface area contributed by atoms with Crippen LogP contribution < -0.4 is 0 Å². The minimum Gasteiger partial charge on any atom is -0.507 e. The van der Waals surface area contributed by atoms with Crippen molar-refractivity contribution in [3.8, 4) is 0 Å². The normalized spacial score (nSPS) is 19.0. The lowest BCUT2D eigenvalue weighted by atomic mass is 9.95. The molecule has 1 amide bonds. The van der Waals surface area contributed by atoms with Gasteiger partial charge in [0.1, 0.15) is 5.76 Å². The van der Waals surface area contributed by atoms with Gasteiger partial charge in [-0.05, 0) is 42.0 Å². The number of ketones is 1. The molecule has 1 fully saturated rings. The SMILES string of the molecule is C=CCN1C(=O)C(=O)/C(=C(/O)c2ccc(Cl)cc2)[C@@H]1c1ccc(Cl)cc1. The van der Waals surface area contributed by atoms with Crippen molar-refractivity contribution < 1.29 is 14.7 Å². The maximum absolute atomic E-state index is 12.6. The maximum Gasteiger partial charge on any atom is 0.295 e. The number of aliphatic hydroxyl groups excluding tert-OH is 1. The van der Waals surface area contributed by atoms with E-state index in [0.717, 1.165) is 0 Å². The predicted molar refractivity (Wildman–Crippen MR) is 102 cm³/mol. The topological polar surface area (TPSA) is 57.6 Å². The number of halogens is 2. The minimum atomic E-state index is -0.737. The van der Waals surface area contributed by atoms with Crippen LogP contribution in [0.4, 0.5) is 0 Å². The van der Waals surface area contributed by atoms with Gasteiger partial charge in [-0.15, -0.1) is 6.58 Å². The summed E-state index contributed by atoms with van der Waals surface area (Å²) >= 11 is 11.8. The second-order valence-electron chi connectivity index (χ2n) is 5.80. The fraction of sp³-hybridized carbons (Fsp3) is 0.100. The van der Waals surface area contributed by atoms with E-state index in [1.807, 2.05) is 0 Å². The van der Waals surface area contributed by atoms with Crippen molar-refractivity contribution in [3.63, 3.8) is 0 Å². The Morgan fingerprint density at radius 2 is 1.58 bits per heavy atom. The van der Waals surface area contributed by atoms with E-state index in [1.165, 1.54) is 11.0 Å². The Kier molecular flexibility index (Phi) is 5.16. The van der Waals surface area contributed by atoms with Gasteiger partial charge in [-0.25, -0.2) is 0 Å². The molecule has 1 N–H and O–H groups in total. The lowest BCUT2D eigenvalue weighted by molar-refractivity contribution is -0.139. The molecule has 0 aliphatic carbocycles. The Bertz CT molecular complexity index is 902. The number of hydrogen-bond acceptors (Lipinski definition) is 3. The highest BCUT2D eigenvalue weighted by Crippen LogP contribution is 2.39. The number of carbonyl (C=O) groups excluding carboxylic acids is 2. The third kappa shape index (κ3) is 3.26. The zero-order valence-electron chi connectivity index (χ0n) is 13.7. The van der Waals surface area contributed by atoms with Crippen molar-refractivity contribution >= 4 is 40.7 Å². The van der Waals surface area contributed by atoms with Gasteiger partial charge in [0.25, 0.3) is 11.7 Å². The van der Waals surface area contributed by atoms with Gasteiger partial charge in [-0.2, -0.15) is 0 Å². The molecule has 0 unspecified atom stereocenters. The molecule has 0 aromatic heterocycles. The minimum absolute atomic E-state index is 0.0292. The van der Waals surface area contributed by atoms with Crippen molar-refractivity contribution in [3.05, 3.63) is 87.9 Å². The Labute approximate surface area is 161 Å². The van der Waals surface area contributed by atoms with E-state index in [-0.39, 0.29) is 17.9 Å². The standard InChI is InChI=1S/C20H15Cl2NO3/c1-2-11-23-17(12-3-7-14(21)8-4-12)16(19(25)20(23)26)18(24)13-5-9-15(22)10-6-13/h2-10,17,24H,1,11H2/b18-16+/t17-/m0/s1. The van der Waals surface area contributed by atoms with Crippen molar-refractivity contribution in [1.82, 2.24) is 4.90 Å². The Morgan fingerprint density at radius 1 is 1.04 bits per heavy atom. The summed E-state index contributed by atoms with van der Waals surface area (Å²) in [5, 5.41) is 11.8. The van der Waals surface area contributed by atoms with E-state index in [4.69, 9.17) is 23.2 Å². The zero-order valence-corrected chi connectivity index (χ0v) is 15.2. The third-order valence-corrected chi connectivity index (χ3v) is 4.67. The molecule has 1 aliphatic rings. The first-order chi connectivity index (χ1) is 12.4. The number of likely N-dealkylation sites (tertiary alicyclic amines) is 1. The van der Waals surface area contributed by atoms with Crippen LogP contribution in [-0.4, -0.2) is 28.2 Å². The lowest BCUT2D eigenvalue weighted by Gasteiger charge is -2.24. The zero-order chi connectivity index (χ0) is 18.8. The van der Waals surface area contributed by atoms with Crippen LogP contribution in [0.1, 0.15) is 17.2 Å². The summed E-state index contributed by atoms with van der Waals surface area (Å²) in [6, 6.07) is 12.5. The smallest absolute Gasteiger partial charge is 0.295 e. The van der Waals surface area contributed by atoms with Gasteiger partial charge in [0.15, 0.2) is 0 Å². The maximum atomic E-state index is 12.6. The molecule has 1 aliphatic heterocycles. The average molecular weight is 388 g/mol. The number of Topliss-reactive ketones (excluding diaryl/α,β-unsaturated/α-hetero) is 1. The van der Waals surface area contributed by atoms with Crippen LogP contribution >= 0.6 is 23.2 Å². The average Bonchev–Trinajstić information content (AvgIpc) is 2.88. The highest BCUT2D eigenvalue weighted by Gasteiger charge is 2.45. The second-order valence-corrected chi connectivity index (χ2v) is 6.67. The molecular weight excluding hydrogens is 373 g/mol. The number of nitrogens with zero attached hydrogens (tertiary/aromatic N) is 1. The highest BCUT2D eigenvalue weighted by molar-refractivity contribution is 6.46. The van der Waals surface area contributed by atoms with E-state index in [0.29, 0.717) is 21.2 Å². The molecule has 2 aromatic rings. The van der Waals surface area contributed by atoms with Crippen LogP contribution in [0.15, 0.2) is 66.8 Å². The molecule has 3 rings (SSSR count). The summed E-state index contributed by atoms with van der Waals surface area (Å²) < 4.78 is 0. The van der Waals surface area contributed by atoms with E-state index in [9.17, 15) is 14.7 Å². The van der Waals surface area contributed by atoms with Crippen molar-refractivity contribution in [2.45, 2.75) is 6.04 Å². The molecule has 0 saturated carbocycles. The Balaban J connectivity index is 2.18. The quantitative estimate of drug-likeness (QED) is 0.361. The van der Waals surface area contributed by atoms with Gasteiger partial charge in [0.05, 0.1) is 11.6 Å². The van der Waals surface area contributed by atoms with Crippen LogP contribution in [0, 0.1) is 0 Å². The van der Waals surface area contributed by atoms with Gasteiger partial charge in [0.2, 0.25) is 0 Å². The number of carbonyl (C=O) groups is 2. The summed E-state index contributed by atoms with van der Waals surface area (Å²) in [6.07, 6.45) is 1.54. The summed E-state index contributed by atoms with van der Waals surface area (Å²) in [5.41, 5.74) is 1.11. The summed E-state index contributed by atoms with van der Waals surface area (Å²) in [5.74, 6) is -1.66. The van der Waals surface area contributed by atoms with Gasteiger partial charge in [0, 0.05) is 22.2 Å². The molecular formula is C20H15Cl2NO3. The van der Waals surface area contributed by atoms with E-state index < -0.39 is 17.7 Å². The highest BCUT2D eigenvalue weighted by atomic mass is 35.5. The molecule has 6 heteroatoms. The molecule has 0 bridgehead atoms. The number of hydrogen-bond donors (Lipinski definition) is 1. The molecule has 1 atom stereocenters. The fourth-order valence-electron chi connectivity index (χ4n) is 2.96. The summed E-state index contributed by atoms with van der Waals surface area (Å²) in [7, 11) is 0. The molecule has 0 spiro atoms. The van der Waals surface area contributed by atoms with Crippen molar-refractivity contribution in [2.24, 2.45) is 0 Å². The van der Waals surface area contributed by atoms with Gasteiger partial charge < -0.3 is 10.0 Å². The second kappa shape index (κ2) is 7.36. The largest absolute Gasteiger partial charge is 0.507 e. The van der Waals surface area contributed by atoms with Gasteiger partial charge in [-0.1, -0.05) is 41.4 Å². The van der Waals surface area contributed by atoms with E-state index >= 15 is 0 Å². The number of amides is 1. The van der Waals surface area contributed by atoms with Crippen LogP contribution in [-0.2, 0) is 9.59 Å². The fourth-order valence-corrected chi connectivity index (χ4v) is 3.21. The van der Waals surface area contributed by atoms with Crippen LogP contribution in [0.25, 0.3) is 5.76 Å². The summed E-state index contributed by atoms with van der Waals surface area (Å²) in [4.78, 5) is 26.5. The molecule has 1 heterocycles. The molecule has 2 aromatic carbocycles. The molecule has 1 saturated heterocycles. The van der Waals surface area contributed by atoms with Crippen molar-refractivity contribution in [2.75, 3.05) is 6.54 Å². The van der Waals surface area contributed by atoms with E-state index in [2.05, 4.69) is 6.58 Å². The first-order valence-corrected chi connectivity index (χ1v) is 8.60. The van der Waals surface area contributed by atoms with Crippen LogP contribution in [0.5, 0.6) is 0 Å². The van der Waals surface area contributed by atoms with Crippen molar-refractivity contribution in [1.29, 1.82) is 0 Å². The number of benzene rings is 2. The van der Waals surface area contributed by atoms with Gasteiger partial charge in [-0.3, -0.25) is 9.59 Å². The number of aliphatic hydroxyl groups is 1. The van der Waals surface area contributed by atoms with Gasteiger partial charge >= 0.3 is 0 Å². The molecule has 132 valence electrons. The Hall–Kier alpha value is -2.56. The first-order valence-electron chi connectivity index (χ1n) is 7.84. The predicted octanol–water partition coefficient (Wildman–Crippen LogP) is 4.60. The lowest BCUT2D eigenvalue weighted by Crippen LogP contribution is -2.29. The van der Waals surface area contributed by atoms with Crippen LogP contribution in [0.2, 0.25) is 10.0 Å². The molecule has 26 heavy (non-hydrogen) atoms.